The third-order valence-corrected chi connectivity index (χ3v) is 4.06. The molecule has 1 aliphatic heterocycles. The largest absolute Gasteiger partial charge is 0.325 e. The minimum Gasteiger partial charge on any atom is -0.325 e. The first-order valence-corrected chi connectivity index (χ1v) is 7.14. The molecule has 0 saturated heterocycles. The maximum Gasteiger partial charge on any atom is 0.228 e. The van der Waals surface area contributed by atoms with Crippen LogP contribution >= 0.6 is 23.2 Å². The van der Waals surface area contributed by atoms with Gasteiger partial charge in [0.25, 0.3) is 0 Å². The molecule has 21 heavy (non-hydrogen) atoms. The molecule has 1 amide bonds. The van der Waals surface area contributed by atoms with E-state index in [2.05, 4.69) is 5.32 Å². The average molecular weight is 320 g/mol. The van der Waals surface area contributed by atoms with Gasteiger partial charge < -0.3 is 5.32 Å². The van der Waals surface area contributed by atoms with Gasteiger partial charge in [0.05, 0.1) is 16.5 Å². The van der Waals surface area contributed by atoms with Gasteiger partial charge in [0.15, 0.2) is 5.78 Å². The molecule has 0 radical (unpaired) electrons. The Kier molecular flexibility index (Phi) is 3.47. The number of benzene rings is 2. The van der Waals surface area contributed by atoms with E-state index < -0.39 is 0 Å². The summed E-state index contributed by atoms with van der Waals surface area (Å²) in [6.07, 6.45) is 0.258. The van der Waals surface area contributed by atoms with Crippen LogP contribution in [0.4, 0.5) is 5.69 Å². The monoisotopic (exact) mass is 319 g/mol. The molecule has 0 aliphatic carbocycles. The molecule has 3 rings (SSSR count). The van der Waals surface area contributed by atoms with Crippen LogP contribution < -0.4 is 5.32 Å². The summed E-state index contributed by atoms with van der Waals surface area (Å²) in [5.74, 6) is -0.341. The predicted molar refractivity (Wildman–Crippen MR) is 83.4 cm³/mol. The van der Waals surface area contributed by atoms with Crippen LogP contribution in [0.1, 0.15) is 27.0 Å². The van der Waals surface area contributed by atoms with Crippen molar-refractivity contribution in [2.24, 2.45) is 0 Å². The number of ketones is 1. The fourth-order valence-corrected chi connectivity index (χ4v) is 2.94. The van der Waals surface area contributed by atoms with Crippen LogP contribution in [0.15, 0.2) is 30.3 Å². The van der Waals surface area contributed by atoms with E-state index in [4.69, 9.17) is 23.2 Å². The number of hydrogen-bond acceptors (Lipinski definition) is 2. The van der Waals surface area contributed by atoms with Gasteiger partial charge in [0.2, 0.25) is 5.91 Å². The molecule has 2 aromatic carbocycles. The van der Waals surface area contributed by atoms with Gasteiger partial charge in [-0.1, -0.05) is 29.3 Å². The number of fused-ring (bicyclic) bond motifs is 1. The van der Waals surface area contributed by atoms with Crippen LogP contribution in [-0.2, 0) is 11.2 Å². The van der Waals surface area contributed by atoms with Crippen molar-refractivity contribution in [3.05, 3.63) is 62.6 Å². The molecule has 0 spiro atoms. The quantitative estimate of drug-likeness (QED) is 0.849. The Morgan fingerprint density at radius 1 is 1.10 bits per heavy atom. The summed E-state index contributed by atoms with van der Waals surface area (Å²) in [5, 5.41) is 3.40. The molecule has 1 heterocycles. The zero-order valence-corrected chi connectivity index (χ0v) is 12.7. The summed E-state index contributed by atoms with van der Waals surface area (Å²) in [6.45, 7) is 1.90. The van der Waals surface area contributed by atoms with Gasteiger partial charge in [-0.3, -0.25) is 9.59 Å². The molecule has 5 heteroatoms. The topological polar surface area (TPSA) is 46.2 Å². The lowest BCUT2D eigenvalue weighted by atomic mass is 9.99. The van der Waals surface area contributed by atoms with E-state index in [1.807, 2.05) is 13.0 Å². The first kappa shape index (κ1) is 14.1. The Bertz CT molecular complexity index is 784. The number of aryl methyl sites for hydroxylation is 1. The minimum atomic E-state index is -0.243. The number of anilines is 1. The molecule has 106 valence electrons. The Morgan fingerprint density at radius 3 is 2.52 bits per heavy atom. The van der Waals surface area contributed by atoms with Crippen molar-refractivity contribution in [3.8, 4) is 0 Å². The number of halogens is 2. The zero-order valence-electron chi connectivity index (χ0n) is 11.2. The molecule has 0 fully saturated rings. The normalized spacial score (nSPS) is 13.0. The van der Waals surface area contributed by atoms with Crippen LogP contribution in [0.5, 0.6) is 0 Å². The standard InChI is InChI=1S/C16H11Cl2NO2/c1-8-2-3-10(12(17)4-8)16(21)11-5-9-6-15(20)19-14(9)7-13(11)18/h2-5,7H,6H2,1H3,(H,19,20). The van der Waals surface area contributed by atoms with Gasteiger partial charge in [-0.25, -0.2) is 0 Å². The second-order valence-corrected chi connectivity index (χ2v) is 5.84. The van der Waals surface area contributed by atoms with E-state index in [0.717, 1.165) is 11.1 Å². The fraction of sp³-hybridized carbons (Fsp3) is 0.125. The van der Waals surface area contributed by atoms with Crippen molar-refractivity contribution in [2.45, 2.75) is 13.3 Å². The molecule has 2 aromatic rings. The summed E-state index contributed by atoms with van der Waals surface area (Å²) in [6, 6.07) is 8.52. The Balaban J connectivity index is 2.06. The number of carbonyl (C=O) groups is 2. The van der Waals surface area contributed by atoms with Crippen molar-refractivity contribution >= 4 is 40.6 Å². The molecule has 1 aliphatic rings. The second kappa shape index (κ2) is 5.17. The molecule has 0 atom stereocenters. The summed E-state index contributed by atoms with van der Waals surface area (Å²) in [7, 11) is 0. The zero-order chi connectivity index (χ0) is 15.1. The third-order valence-electron chi connectivity index (χ3n) is 3.43. The highest BCUT2D eigenvalue weighted by atomic mass is 35.5. The molecule has 3 nitrogen and oxygen atoms in total. The SMILES string of the molecule is Cc1ccc(C(=O)c2cc3c(cc2Cl)NC(=O)C3)c(Cl)c1. The number of nitrogens with one attached hydrogen (secondary N) is 1. The Labute approximate surface area is 131 Å². The van der Waals surface area contributed by atoms with E-state index in [1.54, 1.807) is 24.3 Å². The second-order valence-electron chi connectivity index (χ2n) is 5.03. The van der Waals surface area contributed by atoms with Crippen molar-refractivity contribution in [2.75, 3.05) is 5.32 Å². The van der Waals surface area contributed by atoms with Crippen molar-refractivity contribution < 1.29 is 9.59 Å². The van der Waals surface area contributed by atoms with E-state index in [9.17, 15) is 9.59 Å². The summed E-state index contributed by atoms with van der Waals surface area (Å²) in [4.78, 5) is 24.0. The highest BCUT2D eigenvalue weighted by molar-refractivity contribution is 6.38. The third kappa shape index (κ3) is 2.55. The van der Waals surface area contributed by atoms with E-state index in [0.29, 0.717) is 26.9 Å². The van der Waals surface area contributed by atoms with Crippen LogP contribution in [0.25, 0.3) is 0 Å². The molecule has 0 saturated carbocycles. The predicted octanol–water partition coefficient (Wildman–Crippen LogP) is 4.03. The van der Waals surface area contributed by atoms with Crippen LogP contribution in [-0.4, -0.2) is 11.7 Å². The maximum atomic E-state index is 12.6. The summed E-state index contributed by atoms with van der Waals surface area (Å²) < 4.78 is 0. The first-order chi connectivity index (χ1) is 9.95. The van der Waals surface area contributed by atoms with Gasteiger partial charge >= 0.3 is 0 Å². The van der Waals surface area contributed by atoms with Crippen molar-refractivity contribution in [1.29, 1.82) is 0 Å². The first-order valence-electron chi connectivity index (χ1n) is 6.39. The minimum absolute atomic E-state index is 0.0981. The number of hydrogen-bond donors (Lipinski definition) is 1. The molecule has 0 bridgehead atoms. The number of carbonyl (C=O) groups excluding carboxylic acids is 2. The van der Waals surface area contributed by atoms with Crippen LogP contribution in [0, 0.1) is 6.92 Å². The Hall–Kier alpha value is -1.84. The van der Waals surface area contributed by atoms with Gasteiger partial charge in [0.1, 0.15) is 0 Å². The van der Waals surface area contributed by atoms with Gasteiger partial charge in [-0.2, -0.15) is 0 Å². The van der Waals surface area contributed by atoms with Crippen LogP contribution in [0.2, 0.25) is 10.0 Å². The highest BCUT2D eigenvalue weighted by Gasteiger charge is 2.23. The van der Waals surface area contributed by atoms with Crippen molar-refractivity contribution in [3.63, 3.8) is 0 Å². The smallest absolute Gasteiger partial charge is 0.228 e. The lowest BCUT2D eigenvalue weighted by Gasteiger charge is -2.08. The summed E-state index contributed by atoms with van der Waals surface area (Å²) in [5.41, 5.74) is 3.18. The van der Waals surface area contributed by atoms with E-state index in [1.165, 1.54) is 0 Å². The molecular weight excluding hydrogens is 309 g/mol. The van der Waals surface area contributed by atoms with E-state index >= 15 is 0 Å². The average Bonchev–Trinajstić information content (AvgIpc) is 2.76. The number of amides is 1. The van der Waals surface area contributed by atoms with Crippen molar-refractivity contribution in [1.82, 2.24) is 0 Å². The summed E-state index contributed by atoms with van der Waals surface area (Å²) >= 11 is 12.3. The molecule has 1 N–H and O–H groups in total. The maximum absolute atomic E-state index is 12.6. The Morgan fingerprint density at radius 2 is 1.81 bits per heavy atom. The lowest BCUT2D eigenvalue weighted by Crippen LogP contribution is -2.04. The van der Waals surface area contributed by atoms with Gasteiger partial charge in [-0.05, 0) is 42.3 Å². The molecule has 0 aromatic heterocycles. The van der Waals surface area contributed by atoms with Gasteiger partial charge in [0, 0.05) is 16.8 Å². The number of rotatable bonds is 2. The lowest BCUT2D eigenvalue weighted by molar-refractivity contribution is -0.115. The van der Waals surface area contributed by atoms with Gasteiger partial charge in [-0.15, -0.1) is 0 Å². The fourth-order valence-electron chi connectivity index (χ4n) is 2.37. The highest BCUT2D eigenvalue weighted by Crippen LogP contribution is 2.32. The molecule has 0 unspecified atom stereocenters. The van der Waals surface area contributed by atoms with Crippen LogP contribution in [0.3, 0.4) is 0 Å². The molecular formula is C16H11Cl2NO2. The van der Waals surface area contributed by atoms with E-state index in [-0.39, 0.29) is 18.1 Å².